The number of nitrogens with zero attached hydrogens (tertiary/aromatic N) is 4. The molecule has 5 nitrogen and oxygen atoms in total. The van der Waals surface area contributed by atoms with Crippen molar-refractivity contribution < 1.29 is 0 Å². The van der Waals surface area contributed by atoms with E-state index in [0.29, 0.717) is 5.92 Å². The summed E-state index contributed by atoms with van der Waals surface area (Å²) in [5.74, 6) is 1.38. The molecule has 0 amide bonds. The second-order valence-electron chi connectivity index (χ2n) is 4.96. The van der Waals surface area contributed by atoms with Crippen LogP contribution in [0.2, 0.25) is 0 Å². The largest absolute Gasteiger partial charge is 0.324 e. The lowest BCUT2D eigenvalue weighted by Gasteiger charge is -2.40. The number of hydrogen-bond donors (Lipinski definition) is 1. The van der Waals surface area contributed by atoms with Crippen molar-refractivity contribution in [2.24, 2.45) is 18.7 Å². The average Bonchev–Trinajstić information content (AvgIpc) is 2.64. The van der Waals surface area contributed by atoms with Gasteiger partial charge in [-0.1, -0.05) is 26.2 Å². The molecule has 2 N–H and O–H groups in total. The van der Waals surface area contributed by atoms with Gasteiger partial charge in [0.1, 0.15) is 0 Å². The van der Waals surface area contributed by atoms with Crippen LogP contribution in [-0.2, 0) is 13.5 Å². The van der Waals surface area contributed by atoms with Gasteiger partial charge in [-0.25, -0.2) is 0 Å². The Hall–Kier alpha value is -0.970. The van der Waals surface area contributed by atoms with E-state index in [9.17, 15) is 0 Å². The van der Waals surface area contributed by atoms with Crippen molar-refractivity contribution in [3.8, 4) is 0 Å². The second-order valence-corrected chi connectivity index (χ2v) is 4.96. The Balaban J connectivity index is 2.10. The SMILES string of the molecule is CCC1CCCCC1(N)Cc1nnn(C)n1. The Kier molecular flexibility index (Phi) is 3.23. The lowest BCUT2D eigenvalue weighted by Crippen LogP contribution is -2.51. The van der Waals surface area contributed by atoms with Crippen LogP contribution in [0.25, 0.3) is 0 Å². The van der Waals surface area contributed by atoms with E-state index in [4.69, 9.17) is 5.73 Å². The van der Waals surface area contributed by atoms with Gasteiger partial charge in [-0.05, 0) is 24.0 Å². The minimum Gasteiger partial charge on any atom is -0.324 e. The highest BCUT2D eigenvalue weighted by Gasteiger charge is 2.37. The standard InChI is InChI=1S/C11H21N5/c1-3-9-6-4-5-7-11(9,12)8-10-13-15-16(2)14-10/h9H,3-8,12H2,1-2H3. The van der Waals surface area contributed by atoms with Crippen LogP contribution >= 0.6 is 0 Å². The van der Waals surface area contributed by atoms with E-state index >= 15 is 0 Å². The fourth-order valence-corrected chi connectivity index (χ4v) is 2.87. The molecule has 0 spiro atoms. The highest BCUT2D eigenvalue weighted by molar-refractivity contribution is 5.00. The number of aromatic nitrogens is 4. The van der Waals surface area contributed by atoms with E-state index < -0.39 is 0 Å². The van der Waals surface area contributed by atoms with Gasteiger partial charge in [0.15, 0.2) is 5.82 Å². The molecule has 0 bridgehead atoms. The van der Waals surface area contributed by atoms with Crippen molar-refractivity contribution in [1.82, 2.24) is 20.2 Å². The van der Waals surface area contributed by atoms with Gasteiger partial charge in [0.05, 0.1) is 7.05 Å². The number of rotatable bonds is 3. The van der Waals surface area contributed by atoms with Gasteiger partial charge < -0.3 is 5.73 Å². The van der Waals surface area contributed by atoms with Crippen molar-refractivity contribution in [2.45, 2.75) is 51.0 Å². The summed E-state index contributed by atoms with van der Waals surface area (Å²) in [6.07, 6.45) is 6.78. The summed E-state index contributed by atoms with van der Waals surface area (Å²) in [4.78, 5) is 1.50. The maximum absolute atomic E-state index is 6.54. The maximum Gasteiger partial charge on any atom is 0.176 e. The second kappa shape index (κ2) is 4.49. The quantitative estimate of drug-likeness (QED) is 0.831. The smallest absolute Gasteiger partial charge is 0.176 e. The summed E-state index contributed by atoms with van der Waals surface area (Å²) in [6, 6.07) is 0. The van der Waals surface area contributed by atoms with E-state index in [2.05, 4.69) is 22.3 Å². The summed E-state index contributed by atoms with van der Waals surface area (Å²) in [5, 5.41) is 12.1. The van der Waals surface area contributed by atoms with Crippen molar-refractivity contribution in [3.63, 3.8) is 0 Å². The highest BCUT2D eigenvalue weighted by atomic mass is 15.6. The van der Waals surface area contributed by atoms with Gasteiger partial charge in [-0.15, -0.1) is 10.2 Å². The van der Waals surface area contributed by atoms with Gasteiger partial charge in [0.2, 0.25) is 0 Å². The minimum absolute atomic E-state index is 0.115. The van der Waals surface area contributed by atoms with Crippen molar-refractivity contribution in [1.29, 1.82) is 0 Å². The lowest BCUT2D eigenvalue weighted by atomic mass is 9.70. The van der Waals surface area contributed by atoms with Crippen LogP contribution in [0.3, 0.4) is 0 Å². The first-order chi connectivity index (χ1) is 7.64. The van der Waals surface area contributed by atoms with Gasteiger partial charge >= 0.3 is 0 Å². The predicted molar refractivity (Wildman–Crippen MR) is 61.7 cm³/mol. The Morgan fingerprint density at radius 3 is 2.94 bits per heavy atom. The highest BCUT2D eigenvalue weighted by Crippen LogP contribution is 2.35. The van der Waals surface area contributed by atoms with E-state index in [1.807, 2.05) is 0 Å². The molecular formula is C11H21N5. The molecule has 0 saturated heterocycles. The zero-order valence-corrected chi connectivity index (χ0v) is 10.2. The molecule has 2 atom stereocenters. The first-order valence-corrected chi connectivity index (χ1v) is 6.16. The van der Waals surface area contributed by atoms with Crippen LogP contribution < -0.4 is 5.73 Å². The van der Waals surface area contributed by atoms with Gasteiger partial charge in [-0.3, -0.25) is 0 Å². The molecule has 0 aliphatic heterocycles. The molecule has 1 aliphatic rings. The average molecular weight is 223 g/mol. The summed E-state index contributed by atoms with van der Waals surface area (Å²) >= 11 is 0. The molecule has 16 heavy (non-hydrogen) atoms. The number of hydrogen-bond acceptors (Lipinski definition) is 4. The Morgan fingerprint density at radius 1 is 1.50 bits per heavy atom. The molecule has 2 rings (SSSR count). The topological polar surface area (TPSA) is 69.6 Å². The Morgan fingerprint density at radius 2 is 2.31 bits per heavy atom. The van der Waals surface area contributed by atoms with Crippen LogP contribution in [0.1, 0.15) is 44.9 Å². The summed E-state index contributed by atoms with van der Waals surface area (Å²) in [6.45, 7) is 2.22. The third kappa shape index (κ3) is 2.24. The number of aryl methyl sites for hydroxylation is 1. The summed E-state index contributed by atoms with van der Waals surface area (Å²) in [5.41, 5.74) is 6.42. The molecule has 2 unspecified atom stereocenters. The van der Waals surface area contributed by atoms with Crippen molar-refractivity contribution in [2.75, 3.05) is 0 Å². The van der Waals surface area contributed by atoms with E-state index in [1.165, 1.54) is 24.1 Å². The molecule has 1 fully saturated rings. The first kappa shape index (κ1) is 11.5. The molecule has 5 heteroatoms. The van der Waals surface area contributed by atoms with Crippen LogP contribution in [0, 0.1) is 5.92 Å². The minimum atomic E-state index is -0.115. The summed E-state index contributed by atoms with van der Waals surface area (Å²) < 4.78 is 0. The first-order valence-electron chi connectivity index (χ1n) is 6.16. The zero-order chi connectivity index (χ0) is 11.6. The van der Waals surface area contributed by atoms with Crippen LogP contribution in [-0.4, -0.2) is 25.7 Å². The molecule has 1 saturated carbocycles. The van der Waals surface area contributed by atoms with Crippen molar-refractivity contribution in [3.05, 3.63) is 5.82 Å². The fourth-order valence-electron chi connectivity index (χ4n) is 2.87. The Bertz CT molecular complexity index is 348. The van der Waals surface area contributed by atoms with E-state index in [1.54, 1.807) is 7.05 Å². The number of tetrazole rings is 1. The molecule has 90 valence electrons. The van der Waals surface area contributed by atoms with Gasteiger partial charge in [0, 0.05) is 12.0 Å². The van der Waals surface area contributed by atoms with Gasteiger partial charge in [0.25, 0.3) is 0 Å². The molecule has 1 aromatic heterocycles. The number of nitrogens with two attached hydrogens (primary N) is 1. The van der Waals surface area contributed by atoms with Crippen LogP contribution in [0.4, 0.5) is 0 Å². The third-order valence-corrected chi connectivity index (χ3v) is 3.79. The van der Waals surface area contributed by atoms with Crippen LogP contribution in [0.5, 0.6) is 0 Å². The molecule has 1 aromatic rings. The molecular weight excluding hydrogens is 202 g/mol. The fraction of sp³-hybridized carbons (Fsp3) is 0.909. The predicted octanol–water partition coefficient (Wildman–Crippen LogP) is 1.05. The summed E-state index contributed by atoms with van der Waals surface area (Å²) in [7, 11) is 1.79. The van der Waals surface area contributed by atoms with Crippen LogP contribution in [0.15, 0.2) is 0 Å². The monoisotopic (exact) mass is 223 g/mol. The maximum atomic E-state index is 6.54. The van der Waals surface area contributed by atoms with E-state index in [-0.39, 0.29) is 5.54 Å². The normalized spacial score (nSPS) is 30.6. The van der Waals surface area contributed by atoms with Crippen molar-refractivity contribution >= 4 is 0 Å². The Labute approximate surface area is 96.4 Å². The molecule has 1 heterocycles. The lowest BCUT2D eigenvalue weighted by molar-refractivity contribution is 0.179. The third-order valence-electron chi connectivity index (χ3n) is 3.79. The molecule has 0 aromatic carbocycles. The zero-order valence-electron chi connectivity index (χ0n) is 10.2. The van der Waals surface area contributed by atoms with E-state index in [0.717, 1.165) is 25.1 Å². The van der Waals surface area contributed by atoms with Gasteiger partial charge in [-0.2, -0.15) is 4.80 Å². The molecule has 1 aliphatic carbocycles. The molecule has 0 radical (unpaired) electrons.